The van der Waals surface area contributed by atoms with Crippen LogP contribution >= 0.6 is 0 Å². The van der Waals surface area contributed by atoms with Gasteiger partial charge in [0, 0.05) is 42.9 Å². The highest BCUT2D eigenvalue weighted by molar-refractivity contribution is 6.04. The van der Waals surface area contributed by atoms with Crippen LogP contribution in [0.4, 0.5) is 5.69 Å². The molecule has 1 fully saturated rings. The van der Waals surface area contributed by atoms with Crippen LogP contribution in [-0.4, -0.2) is 59.4 Å². The number of ether oxygens (including phenoxy) is 1. The molecule has 1 aliphatic rings. The number of likely N-dealkylation sites (tertiary alicyclic amines) is 1. The zero-order valence-electron chi connectivity index (χ0n) is 26.4. The van der Waals surface area contributed by atoms with E-state index >= 15 is 0 Å². The van der Waals surface area contributed by atoms with E-state index in [1.165, 1.54) is 31.2 Å². The molecule has 3 aromatic rings. The number of pyridine rings is 1. The van der Waals surface area contributed by atoms with E-state index in [4.69, 9.17) is 4.74 Å². The van der Waals surface area contributed by atoms with Gasteiger partial charge in [-0.25, -0.2) is 4.98 Å². The molecule has 0 bridgehead atoms. The molecule has 1 aliphatic heterocycles. The quantitative estimate of drug-likeness (QED) is 0.202. The Kier molecular flexibility index (Phi) is 12.2. The van der Waals surface area contributed by atoms with Gasteiger partial charge in [0.2, 0.25) is 5.88 Å². The van der Waals surface area contributed by atoms with Gasteiger partial charge in [0.15, 0.2) is 0 Å². The maximum atomic E-state index is 14.0. The van der Waals surface area contributed by atoms with E-state index in [9.17, 15) is 9.59 Å². The minimum atomic E-state index is -0.209. The number of carbonyl (C=O) groups is 2. The number of unbranched alkanes of at least 4 members (excludes halogenated alkanes) is 2. The third-order valence-corrected chi connectivity index (χ3v) is 8.32. The summed E-state index contributed by atoms with van der Waals surface area (Å²) in [7, 11) is 1.55. The van der Waals surface area contributed by atoms with Crippen molar-refractivity contribution in [1.82, 2.24) is 14.8 Å². The van der Waals surface area contributed by atoms with Gasteiger partial charge in [-0.05, 0) is 86.0 Å². The van der Waals surface area contributed by atoms with Gasteiger partial charge >= 0.3 is 0 Å². The first-order valence-electron chi connectivity index (χ1n) is 15.9. The Morgan fingerprint density at radius 2 is 1.63 bits per heavy atom. The maximum absolute atomic E-state index is 14.0. The first kappa shape index (κ1) is 32.2. The van der Waals surface area contributed by atoms with E-state index in [1.807, 2.05) is 36.4 Å². The van der Waals surface area contributed by atoms with Crippen LogP contribution in [0.15, 0.2) is 66.9 Å². The van der Waals surface area contributed by atoms with Crippen LogP contribution in [0.5, 0.6) is 5.88 Å². The Labute approximate surface area is 257 Å². The lowest BCUT2D eigenvalue weighted by molar-refractivity contribution is 0.0546. The van der Waals surface area contributed by atoms with E-state index in [0.717, 1.165) is 50.0 Å². The molecule has 0 aliphatic carbocycles. The summed E-state index contributed by atoms with van der Waals surface area (Å²) in [6.45, 7) is 10.4. The largest absolute Gasteiger partial charge is 0.481 e. The van der Waals surface area contributed by atoms with E-state index in [0.29, 0.717) is 29.6 Å². The van der Waals surface area contributed by atoms with Crippen LogP contribution in [-0.2, 0) is 13.0 Å². The van der Waals surface area contributed by atoms with Gasteiger partial charge in [-0.1, -0.05) is 57.9 Å². The van der Waals surface area contributed by atoms with Crippen LogP contribution in [0.25, 0.3) is 0 Å². The molecular weight excluding hydrogens is 536 g/mol. The predicted octanol–water partition coefficient (Wildman–Crippen LogP) is 7.23. The van der Waals surface area contributed by atoms with Crippen LogP contribution in [0.2, 0.25) is 0 Å². The van der Waals surface area contributed by atoms with Crippen molar-refractivity contribution in [2.24, 2.45) is 5.92 Å². The molecule has 4 rings (SSSR count). The molecule has 0 radical (unpaired) electrons. The Balaban J connectivity index is 1.45. The Morgan fingerprint density at radius 3 is 2.23 bits per heavy atom. The number of aryl methyl sites for hydroxylation is 1. The summed E-state index contributed by atoms with van der Waals surface area (Å²) in [6, 6.07) is 19.4. The van der Waals surface area contributed by atoms with Gasteiger partial charge in [0.1, 0.15) is 0 Å². The van der Waals surface area contributed by atoms with Crippen molar-refractivity contribution in [3.05, 3.63) is 89.1 Å². The van der Waals surface area contributed by atoms with E-state index in [2.05, 4.69) is 53.0 Å². The molecule has 0 spiro atoms. The first-order chi connectivity index (χ1) is 20.9. The number of rotatable bonds is 14. The van der Waals surface area contributed by atoms with E-state index < -0.39 is 0 Å². The third kappa shape index (κ3) is 9.65. The fourth-order valence-corrected chi connectivity index (χ4v) is 5.56. The highest BCUT2D eigenvalue weighted by Crippen LogP contribution is 2.23. The van der Waals surface area contributed by atoms with Gasteiger partial charge in [-0.2, -0.15) is 0 Å². The number of nitrogens with one attached hydrogen (secondary N) is 1. The minimum Gasteiger partial charge on any atom is -0.481 e. The van der Waals surface area contributed by atoms with Crippen molar-refractivity contribution in [2.75, 3.05) is 32.1 Å². The molecule has 2 amide bonds. The van der Waals surface area contributed by atoms with Crippen molar-refractivity contribution >= 4 is 17.5 Å². The lowest BCUT2D eigenvalue weighted by atomic mass is 9.99. The van der Waals surface area contributed by atoms with Crippen molar-refractivity contribution in [3.63, 3.8) is 0 Å². The number of amides is 2. The predicted molar refractivity (Wildman–Crippen MR) is 174 cm³/mol. The van der Waals surface area contributed by atoms with Crippen molar-refractivity contribution in [1.29, 1.82) is 0 Å². The molecule has 0 atom stereocenters. The van der Waals surface area contributed by atoms with Crippen molar-refractivity contribution < 1.29 is 14.3 Å². The number of hydrogen-bond acceptors (Lipinski definition) is 5. The number of benzene rings is 2. The lowest BCUT2D eigenvalue weighted by Crippen LogP contribution is -2.47. The number of hydrogen-bond donors (Lipinski definition) is 1. The Morgan fingerprint density at radius 1 is 0.953 bits per heavy atom. The monoisotopic (exact) mass is 584 g/mol. The maximum Gasteiger partial charge on any atom is 0.255 e. The van der Waals surface area contributed by atoms with Gasteiger partial charge < -0.3 is 19.9 Å². The molecule has 1 saturated heterocycles. The fraction of sp³-hybridized carbons (Fsp3) is 0.472. The molecule has 7 heteroatoms. The van der Waals surface area contributed by atoms with Gasteiger partial charge in [0.05, 0.1) is 19.0 Å². The summed E-state index contributed by atoms with van der Waals surface area (Å²) >= 11 is 0. The molecule has 7 nitrogen and oxygen atoms in total. The topological polar surface area (TPSA) is 74.8 Å². The number of anilines is 1. The summed E-state index contributed by atoms with van der Waals surface area (Å²) in [5, 5.41) is 2.88. The highest BCUT2D eigenvalue weighted by Gasteiger charge is 2.29. The molecule has 2 aromatic carbocycles. The zero-order valence-corrected chi connectivity index (χ0v) is 26.4. The molecule has 0 saturated carbocycles. The lowest BCUT2D eigenvalue weighted by Gasteiger charge is -2.39. The summed E-state index contributed by atoms with van der Waals surface area (Å²) in [5.41, 5.74) is 4.19. The number of methoxy groups -OCH3 is 1. The Bertz CT molecular complexity index is 1280. The average Bonchev–Trinajstić information content (AvgIpc) is 3.03. The van der Waals surface area contributed by atoms with Crippen LogP contribution in [0.1, 0.15) is 91.1 Å². The SMILES string of the molecule is CCCCCc1ccc(C(=O)N(Cc2ccc(C(=O)Nc3ccc(OC)nc3)cc2)C2CCN(CCC(C)C)CC2)cc1. The molecule has 230 valence electrons. The van der Waals surface area contributed by atoms with Crippen LogP contribution in [0, 0.1) is 5.92 Å². The molecule has 1 N–H and O–H groups in total. The minimum absolute atomic E-state index is 0.0783. The standard InChI is InChI=1S/C36H48N4O3/c1-5-6-7-8-28-9-15-31(16-10-28)36(42)40(33-20-23-39(24-21-33)22-19-27(2)3)26-29-11-13-30(14-12-29)35(41)38-32-17-18-34(43-4)37-25-32/h9-18,25,27,33H,5-8,19-24,26H2,1-4H3,(H,38,41). The van der Waals surface area contributed by atoms with Gasteiger partial charge in [-0.15, -0.1) is 0 Å². The summed E-state index contributed by atoms with van der Waals surface area (Å²) in [6.07, 6.45) is 9.36. The molecule has 1 aromatic heterocycles. The Hall–Kier alpha value is -3.71. The normalized spacial score (nSPS) is 14.1. The van der Waals surface area contributed by atoms with Crippen LogP contribution < -0.4 is 10.1 Å². The highest BCUT2D eigenvalue weighted by atomic mass is 16.5. The van der Waals surface area contributed by atoms with E-state index in [-0.39, 0.29) is 17.9 Å². The summed E-state index contributed by atoms with van der Waals surface area (Å²) in [4.78, 5) is 35.6. The second kappa shape index (κ2) is 16.2. The zero-order chi connectivity index (χ0) is 30.6. The first-order valence-corrected chi connectivity index (χ1v) is 15.9. The molecule has 2 heterocycles. The average molecular weight is 585 g/mol. The van der Waals surface area contributed by atoms with Crippen LogP contribution in [0.3, 0.4) is 0 Å². The number of carbonyl (C=O) groups excluding carboxylic acids is 2. The molecular formula is C36H48N4O3. The summed E-state index contributed by atoms with van der Waals surface area (Å²) in [5.74, 6) is 1.05. The smallest absolute Gasteiger partial charge is 0.255 e. The second-order valence-electron chi connectivity index (χ2n) is 12.1. The van der Waals surface area contributed by atoms with Gasteiger partial charge in [-0.3, -0.25) is 9.59 Å². The number of nitrogens with zero attached hydrogens (tertiary/aromatic N) is 3. The van der Waals surface area contributed by atoms with Gasteiger partial charge in [0.25, 0.3) is 11.8 Å². The third-order valence-electron chi connectivity index (χ3n) is 8.32. The number of piperidine rings is 1. The second-order valence-corrected chi connectivity index (χ2v) is 12.1. The van der Waals surface area contributed by atoms with Crippen molar-refractivity contribution in [3.8, 4) is 5.88 Å². The van der Waals surface area contributed by atoms with Crippen molar-refractivity contribution in [2.45, 2.75) is 78.3 Å². The molecule has 0 unspecified atom stereocenters. The summed E-state index contributed by atoms with van der Waals surface area (Å²) < 4.78 is 5.09. The van der Waals surface area contributed by atoms with E-state index in [1.54, 1.807) is 25.4 Å². The molecule has 43 heavy (non-hydrogen) atoms. The number of aromatic nitrogens is 1. The fourth-order valence-electron chi connectivity index (χ4n) is 5.56.